The molecular weight excluding hydrogens is 206 g/mol. The van der Waals surface area contributed by atoms with Crippen molar-refractivity contribution in [2.24, 2.45) is 0 Å². The normalized spacial score (nSPS) is 19.0. The van der Waals surface area contributed by atoms with Crippen LogP contribution >= 0.6 is 0 Å². The van der Waals surface area contributed by atoms with Gasteiger partial charge in [-0.2, -0.15) is 0 Å². The van der Waals surface area contributed by atoms with E-state index in [1.807, 2.05) is 18.2 Å². The van der Waals surface area contributed by atoms with E-state index >= 15 is 0 Å². The van der Waals surface area contributed by atoms with Crippen LogP contribution in [0.1, 0.15) is 6.42 Å². The Morgan fingerprint density at radius 2 is 2.06 bits per heavy atom. The van der Waals surface area contributed by atoms with Crippen molar-refractivity contribution in [1.29, 1.82) is 0 Å². The van der Waals surface area contributed by atoms with Gasteiger partial charge in [-0.15, -0.1) is 0 Å². The van der Waals surface area contributed by atoms with Crippen molar-refractivity contribution in [3.05, 3.63) is 30.3 Å². The molecule has 1 fully saturated rings. The largest absolute Gasteiger partial charge is 0.354 e. The molecule has 5 heteroatoms. The summed E-state index contributed by atoms with van der Waals surface area (Å²) in [7, 11) is 0. The lowest BCUT2D eigenvalue weighted by molar-refractivity contribution is -0.120. The fourth-order valence-electron chi connectivity index (χ4n) is 1.58. The summed E-state index contributed by atoms with van der Waals surface area (Å²) in [5, 5.41) is 7.93. The van der Waals surface area contributed by atoms with Crippen molar-refractivity contribution in [3.63, 3.8) is 0 Å². The molecule has 0 bridgehead atoms. The molecule has 1 saturated heterocycles. The summed E-state index contributed by atoms with van der Waals surface area (Å²) in [4.78, 5) is 22.7. The van der Waals surface area contributed by atoms with Crippen molar-refractivity contribution < 1.29 is 9.59 Å². The summed E-state index contributed by atoms with van der Waals surface area (Å²) < 4.78 is 0. The average molecular weight is 219 g/mol. The molecule has 1 aromatic carbocycles. The molecule has 1 aromatic rings. The SMILES string of the molecule is O=C(Nc1ccccc1)NC1CCNC1=O. The molecule has 1 atom stereocenters. The van der Waals surface area contributed by atoms with Gasteiger partial charge < -0.3 is 16.0 Å². The first-order chi connectivity index (χ1) is 7.75. The fraction of sp³-hybridized carbons (Fsp3) is 0.273. The van der Waals surface area contributed by atoms with Gasteiger partial charge in [0.05, 0.1) is 0 Å². The van der Waals surface area contributed by atoms with Gasteiger partial charge >= 0.3 is 6.03 Å². The summed E-state index contributed by atoms with van der Waals surface area (Å²) in [6.45, 7) is 0.620. The van der Waals surface area contributed by atoms with E-state index in [0.29, 0.717) is 18.7 Å². The maximum Gasteiger partial charge on any atom is 0.319 e. The molecule has 84 valence electrons. The zero-order valence-electron chi connectivity index (χ0n) is 8.69. The number of hydrogen-bond acceptors (Lipinski definition) is 2. The highest BCUT2D eigenvalue weighted by atomic mass is 16.2. The number of anilines is 1. The monoisotopic (exact) mass is 219 g/mol. The van der Waals surface area contributed by atoms with E-state index in [1.165, 1.54) is 0 Å². The summed E-state index contributed by atoms with van der Waals surface area (Å²) >= 11 is 0. The van der Waals surface area contributed by atoms with Crippen molar-refractivity contribution in [2.45, 2.75) is 12.5 Å². The molecule has 0 radical (unpaired) electrons. The van der Waals surface area contributed by atoms with Gasteiger partial charge in [0.25, 0.3) is 0 Å². The van der Waals surface area contributed by atoms with Crippen LogP contribution in [-0.4, -0.2) is 24.5 Å². The number of urea groups is 1. The molecule has 0 aromatic heterocycles. The maximum absolute atomic E-state index is 11.5. The van der Waals surface area contributed by atoms with E-state index in [-0.39, 0.29) is 11.9 Å². The lowest BCUT2D eigenvalue weighted by Crippen LogP contribution is -2.42. The van der Waals surface area contributed by atoms with Crippen LogP contribution in [0.5, 0.6) is 0 Å². The molecule has 5 nitrogen and oxygen atoms in total. The van der Waals surface area contributed by atoms with Crippen LogP contribution < -0.4 is 16.0 Å². The number of para-hydroxylation sites is 1. The minimum absolute atomic E-state index is 0.122. The average Bonchev–Trinajstić information content (AvgIpc) is 2.66. The third-order valence-corrected chi connectivity index (χ3v) is 2.39. The van der Waals surface area contributed by atoms with Crippen LogP contribution in [0, 0.1) is 0 Å². The first-order valence-electron chi connectivity index (χ1n) is 5.16. The van der Waals surface area contributed by atoms with Crippen LogP contribution in [-0.2, 0) is 4.79 Å². The van der Waals surface area contributed by atoms with Crippen molar-refractivity contribution in [2.75, 3.05) is 11.9 Å². The fourth-order valence-corrected chi connectivity index (χ4v) is 1.58. The minimum Gasteiger partial charge on any atom is -0.354 e. The second-order valence-electron chi connectivity index (χ2n) is 3.60. The molecule has 2 rings (SSSR count). The van der Waals surface area contributed by atoms with E-state index in [1.54, 1.807) is 12.1 Å². The number of nitrogens with one attached hydrogen (secondary N) is 3. The van der Waals surface area contributed by atoms with Crippen molar-refractivity contribution in [1.82, 2.24) is 10.6 Å². The molecule has 3 N–H and O–H groups in total. The molecule has 0 saturated carbocycles. The van der Waals surface area contributed by atoms with Crippen LogP contribution in [0.25, 0.3) is 0 Å². The van der Waals surface area contributed by atoms with Gasteiger partial charge in [-0.3, -0.25) is 4.79 Å². The van der Waals surface area contributed by atoms with E-state index in [2.05, 4.69) is 16.0 Å². The van der Waals surface area contributed by atoms with E-state index < -0.39 is 6.04 Å². The Labute approximate surface area is 93.2 Å². The molecule has 3 amide bonds. The number of benzene rings is 1. The molecule has 0 aliphatic carbocycles. The second kappa shape index (κ2) is 4.65. The number of amides is 3. The van der Waals surface area contributed by atoms with Gasteiger partial charge in [0, 0.05) is 12.2 Å². The molecule has 1 aliphatic rings. The Bertz CT molecular complexity index is 391. The number of rotatable bonds is 2. The predicted octanol–water partition coefficient (Wildman–Crippen LogP) is 0.697. The zero-order chi connectivity index (χ0) is 11.4. The third-order valence-electron chi connectivity index (χ3n) is 2.39. The topological polar surface area (TPSA) is 70.2 Å². The molecule has 1 unspecified atom stereocenters. The molecule has 1 heterocycles. The Kier molecular flexibility index (Phi) is 3.05. The first-order valence-corrected chi connectivity index (χ1v) is 5.16. The number of carbonyl (C=O) groups is 2. The van der Waals surface area contributed by atoms with Crippen LogP contribution in [0.4, 0.5) is 10.5 Å². The standard InChI is InChI=1S/C11H13N3O2/c15-10-9(6-7-12-10)14-11(16)13-8-4-2-1-3-5-8/h1-5,9H,6-7H2,(H,12,15)(H2,13,14,16). The minimum atomic E-state index is -0.413. The maximum atomic E-state index is 11.5. The predicted molar refractivity (Wildman–Crippen MR) is 60.0 cm³/mol. The summed E-state index contributed by atoms with van der Waals surface area (Å²) in [5.41, 5.74) is 0.707. The molecular formula is C11H13N3O2. The summed E-state index contributed by atoms with van der Waals surface area (Å²) in [6.07, 6.45) is 0.640. The van der Waals surface area contributed by atoms with Crippen LogP contribution in [0.3, 0.4) is 0 Å². The van der Waals surface area contributed by atoms with Gasteiger partial charge in [-0.05, 0) is 18.6 Å². The lowest BCUT2D eigenvalue weighted by Gasteiger charge is -2.10. The van der Waals surface area contributed by atoms with Gasteiger partial charge in [-0.1, -0.05) is 18.2 Å². The molecule has 1 aliphatic heterocycles. The highest BCUT2D eigenvalue weighted by molar-refractivity contribution is 5.94. The Hall–Kier alpha value is -2.04. The Balaban J connectivity index is 1.87. The van der Waals surface area contributed by atoms with Crippen LogP contribution in [0.15, 0.2) is 30.3 Å². The Morgan fingerprint density at radius 1 is 1.31 bits per heavy atom. The summed E-state index contributed by atoms with van der Waals surface area (Å²) in [6, 6.07) is 8.34. The van der Waals surface area contributed by atoms with E-state index in [0.717, 1.165) is 0 Å². The summed E-state index contributed by atoms with van der Waals surface area (Å²) in [5.74, 6) is -0.122. The number of hydrogen-bond donors (Lipinski definition) is 3. The van der Waals surface area contributed by atoms with Gasteiger partial charge in [0.1, 0.15) is 6.04 Å². The Morgan fingerprint density at radius 3 is 2.69 bits per heavy atom. The first kappa shape index (κ1) is 10.5. The van der Waals surface area contributed by atoms with Gasteiger partial charge in [0.15, 0.2) is 0 Å². The van der Waals surface area contributed by atoms with Gasteiger partial charge in [0.2, 0.25) is 5.91 Å². The smallest absolute Gasteiger partial charge is 0.319 e. The van der Waals surface area contributed by atoms with Crippen molar-refractivity contribution in [3.8, 4) is 0 Å². The van der Waals surface area contributed by atoms with Crippen LogP contribution in [0.2, 0.25) is 0 Å². The highest BCUT2D eigenvalue weighted by Crippen LogP contribution is 2.05. The molecule has 16 heavy (non-hydrogen) atoms. The lowest BCUT2D eigenvalue weighted by atomic mass is 10.2. The second-order valence-corrected chi connectivity index (χ2v) is 3.60. The van der Waals surface area contributed by atoms with Crippen molar-refractivity contribution >= 4 is 17.6 Å². The number of carbonyl (C=O) groups excluding carboxylic acids is 2. The zero-order valence-corrected chi connectivity index (χ0v) is 8.69. The highest BCUT2D eigenvalue weighted by Gasteiger charge is 2.25. The third kappa shape index (κ3) is 2.50. The molecule has 0 spiro atoms. The quantitative estimate of drug-likeness (QED) is 0.685. The van der Waals surface area contributed by atoms with E-state index in [4.69, 9.17) is 0 Å². The van der Waals surface area contributed by atoms with Gasteiger partial charge in [-0.25, -0.2) is 4.79 Å². The van der Waals surface area contributed by atoms with E-state index in [9.17, 15) is 9.59 Å².